The largest absolute Gasteiger partial charge is 0.507 e. The molecule has 1 atom stereocenters. The van der Waals surface area contributed by atoms with Crippen molar-refractivity contribution in [1.29, 1.82) is 0 Å². The van der Waals surface area contributed by atoms with Crippen molar-refractivity contribution in [3.63, 3.8) is 0 Å². The molecule has 0 radical (unpaired) electrons. The third kappa shape index (κ3) is 4.03. The van der Waals surface area contributed by atoms with E-state index in [9.17, 15) is 14.7 Å². The van der Waals surface area contributed by atoms with Crippen molar-refractivity contribution < 1.29 is 24.2 Å². The highest BCUT2D eigenvalue weighted by molar-refractivity contribution is 6.46. The van der Waals surface area contributed by atoms with Crippen LogP contribution in [0.3, 0.4) is 0 Å². The van der Waals surface area contributed by atoms with Gasteiger partial charge in [0.2, 0.25) is 0 Å². The Balaban J connectivity index is 1.57. The molecule has 6 nitrogen and oxygen atoms in total. The zero-order chi connectivity index (χ0) is 23.7. The van der Waals surface area contributed by atoms with Crippen molar-refractivity contribution in [2.45, 2.75) is 19.4 Å². The van der Waals surface area contributed by atoms with Gasteiger partial charge in [-0.3, -0.25) is 9.59 Å². The van der Waals surface area contributed by atoms with Gasteiger partial charge in [-0.1, -0.05) is 60.2 Å². The summed E-state index contributed by atoms with van der Waals surface area (Å²) in [6, 6.07) is 21.8. The van der Waals surface area contributed by atoms with Crippen LogP contribution in [0.15, 0.2) is 78.4 Å². The number of carbonyl (C=O) groups excluding carboxylic acids is 2. The lowest BCUT2D eigenvalue weighted by molar-refractivity contribution is -0.139. The molecule has 3 aromatic carbocycles. The predicted octanol–water partition coefficient (Wildman–Crippen LogP) is 4.43. The summed E-state index contributed by atoms with van der Waals surface area (Å²) in [7, 11) is 0. The van der Waals surface area contributed by atoms with Gasteiger partial charge >= 0.3 is 0 Å². The lowest BCUT2D eigenvalue weighted by Gasteiger charge is -2.25. The molecule has 1 fully saturated rings. The molecule has 0 unspecified atom stereocenters. The van der Waals surface area contributed by atoms with Crippen LogP contribution in [0.4, 0.5) is 0 Å². The third-order valence-electron chi connectivity index (χ3n) is 6.23. The van der Waals surface area contributed by atoms with E-state index in [0.717, 1.165) is 16.7 Å². The zero-order valence-corrected chi connectivity index (χ0v) is 18.9. The lowest BCUT2D eigenvalue weighted by atomic mass is 9.94. The number of likely N-dealkylation sites (tertiary alicyclic amines) is 1. The predicted molar refractivity (Wildman–Crippen MR) is 128 cm³/mol. The molecule has 34 heavy (non-hydrogen) atoms. The first-order chi connectivity index (χ1) is 16.5. The summed E-state index contributed by atoms with van der Waals surface area (Å²) in [5, 5.41) is 11.3. The van der Waals surface area contributed by atoms with Gasteiger partial charge in [-0.15, -0.1) is 0 Å². The number of rotatable bonds is 5. The molecular formula is C28H25NO5. The molecule has 6 heteroatoms. The quantitative estimate of drug-likeness (QED) is 0.350. The number of Topliss-reactive ketones (excluding diaryl/α,β-unsaturated/α-hetero) is 1. The lowest BCUT2D eigenvalue weighted by Crippen LogP contribution is -2.31. The number of aryl methyl sites for hydroxylation is 1. The number of hydrogen-bond acceptors (Lipinski definition) is 5. The second kappa shape index (κ2) is 9.06. The highest BCUT2D eigenvalue weighted by atomic mass is 16.6. The Labute approximate surface area is 198 Å². The number of amides is 1. The monoisotopic (exact) mass is 455 g/mol. The molecule has 0 saturated carbocycles. The molecule has 2 heterocycles. The number of benzene rings is 3. The third-order valence-corrected chi connectivity index (χ3v) is 6.23. The fraction of sp³-hybridized carbons (Fsp3) is 0.214. The Morgan fingerprint density at radius 1 is 0.941 bits per heavy atom. The number of aliphatic hydroxyl groups is 1. The molecule has 3 aromatic rings. The minimum Gasteiger partial charge on any atom is -0.507 e. The van der Waals surface area contributed by atoms with Gasteiger partial charge in [0.15, 0.2) is 11.5 Å². The molecule has 0 spiro atoms. The molecule has 5 rings (SSSR count). The molecule has 0 aromatic heterocycles. The molecule has 2 aliphatic rings. The van der Waals surface area contributed by atoms with E-state index in [1.54, 1.807) is 23.1 Å². The van der Waals surface area contributed by atoms with Crippen LogP contribution in [0.5, 0.6) is 11.5 Å². The Morgan fingerprint density at radius 2 is 1.65 bits per heavy atom. The van der Waals surface area contributed by atoms with Gasteiger partial charge in [-0.2, -0.15) is 0 Å². The topological polar surface area (TPSA) is 76.1 Å². The zero-order valence-electron chi connectivity index (χ0n) is 18.9. The summed E-state index contributed by atoms with van der Waals surface area (Å²) < 4.78 is 11.2. The normalized spacial score (nSPS) is 18.9. The molecule has 1 N–H and O–H groups in total. The molecule has 1 saturated heterocycles. The van der Waals surface area contributed by atoms with E-state index in [4.69, 9.17) is 9.47 Å². The van der Waals surface area contributed by atoms with Crippen LogP contribution in [-0.4, -0.2) is 41.5 Å². The maximum Gasteiger partial charge on any atom is 0.295 e. The summed E-state index contributed by atoms with van der Waals surface area (Å²) in [4.78, 5) is 27.9. The number of fused-ring (bicyclic) bond motifs is 1. The van der Waals surface area contributed by atoms with Crippen molar-refractivity contribution in [2.24, 2.45) is 0 Å². The smallest absolute Gasteiger partial charge is 0.295 e. The number of aliphatic hydroxyl groups excluding tert-OH is 1. The summed E-state index contributed by atoms with van der Waals surface area (Å²) in [6.45, 7) is 3.19. The van der Waals surface area contributed by atoms with Crippen LogP contribution < -0.4 is 9.47 Å². The molecule has 1 amide bonds. The van der Waals surface area contributed by atoms with Crippen LogP contribution in [0, 0.1) is 6.92 Å². The average molecular weight is 456 g/mol. The van der Waals surface area contributed by atoms with E-state index in [1.165, 1.54) is 0 Å². The highest BCUT2D eigenvalue weighted by Crippen LogP contribution is 2.41. The second-order valence-electron chi connectivity index (χ2n) is 8.50. The number of carbonyl (C=O) groups is 2. The first-order valence-corrected chi connectivity index (χ1v) is 11.3. The van der Waals surface area contributed by atoms with Gasteiger partial charge in [-0.05, 0) is 42.7 Å². The van der Waals surface area contributed by atoms with Crippen molar-refractivity contribution in [3.05, 3.63) is 101 Å². The van der Waals surface area contributed by atoms with Gasteiger partial charge < -0.3 is 19.5 Å². The van der Waals surface area contributed by atoms with Crippen LogP contribution >= 0.6 is 0 Å². The van der Waals surface area contributed by atoms with Gasteiger partial charge in [0, 0.05) is 12.1 Å². The minimum absolute atomic E-state index is 0.0820. The van der Waals surface area contributed by atoms with Crippen molar-refractivity contribution >= 4 is 17.4 Å². The van der Waals surface area contributed by atoms with E-state index in [2.05, 4.69) is 0 Å². The summed E-state index contributed by atoms with van der Waals surface area (Å²) in [5.74, 6) is -0.434. The maximum absolute atomic E-state index is 13.2. The maximum atomic E-state index is 13.2. The number of hydrogen-bond donors (Lipinski definition) is 1. The average Bonchev–Trinajstić information content (AvgIpc) is 3.12. The minimum atomic E-state index is -0.689. The van der Waals surface area contributed by atoms with Crippen molar-refractivity contribution in [3.8, 4) is 11.5 Å². The molecule has 2 aliphatic heterocycles. The van der Waals surface area contributed by atoms with Crippen molar-refractivity contribution in [1.82, 2.24) is 4.90 Å². The fourth-order valence-electron chi connectivity index (χ4n) is 4.45. The van der Waals surface area contributed by atoms with Gasteiger partial charge in [-0.25, -0.2) is 0 Å². The first-order valence-electron chi connectivity index (χ1n) is 11.3. The van der Waals surface area contributed by atoms with Crippen LogP contribution in [0.25, 0.3) is 5.76 Å². The SMILES string of the molecule is Cc1ccc([C@H]2/C(=C(\O)c3ccc4c(c3)OCCO4)C(=O)C(=O)N2CCc2ccccc2)cc1. The Hall–Kier alpha value is -4.06. The van der Waals surface area contributed by atoms with Crippen LogP contribution in [-0.2, 0) is 16.0 Å². The summed E-state index contributed by atoms with van der Waals surface area (Å²) >= 11 is 0. The molecular weight excluding hydrogens is 430 g/mol. The van der Waals surface area contributed by atoms with E-state index in [0.29, 0.717) is 43.2 Å². The summed E-state index contributed by atoms with van der Waals surface area (Å²) in [6.07, 6.45) is 0.598. The fourth-order valence-corrected chi connectivity index (χ4v) is 4.45. The van der Waals surface area contributed by atoms with Crippen molar-refractivity contribution in [2.75, 3.05) is 19.8 Å². The van der Waals surface area contributed by atoms with E-state index in [-0.39, 0.29) is 11.3 Å². The van der Waals surface area contributed by atoms with Gasteiger partial charge in [0.25, 0.3) is 11.7 Å². The second-order valence-corrected chi connectivity index (χ2v) is 8.50. The standard InChI is InChI=1S/C28H25NO5/c1-18-7-9-20(10-8-18)25-24(26(30)21-11-12-22-23(17-21)34-16-15-33-22)27(31)28(32)29(25)14-13-19-5-3-2-4-6-19/h2-12,17,25,30H,13-16H2,1H3/b26-24+/t25-/m0/s1. The van der Waals surface area contributed by atoms with Crippen LogP contribution in [0.2, 0.25) is 0 Å². The van der Waals surface area contributed by atoms with E-state index in [1.807, 2.05) is 61.5 Å². The Bertz CT molecular complexity index is 1260. The van der Waals surface area contributed by atoms with E-state index >= 15 is 0 Å². The number of nitrogens with zero attached hydrogens (tertiary/aromatic N) is 1. The molecule has 0 bridgehead atoms. The Kier molecular flexibility index (Phi) is 5.80. The van der Waals surface area contributed by atoms with E-state index < -0.39 is 17.7 Å². The number of ether oxygens (including phenoxy) is 2. The van der Waals surface area contributed by atoms with Crippen LogP contribution in [0.1, 0.15) is 28.3 Å². The number of ketones is 1. The Morgan fingerprint density at radius 3 is 2.38 bits per heavy atom. The molecule has 0 aliphatic carbocycles. The summed E-state index contributed by atoms with van der Waals surface area (Å²) in [5.41, 5.74) is 3.40. The molecule has 172 valence electrons. The highest BCUT2D eigenvalue weighted by Gasteiger charge is 2.45. The van der Waals surface area contributed by atoms with Gasteiger partial charge in [0.1, 0.15) is 19.0 Å². The van der Waals surface area contributed by atoms with Gasteiger partial charge in [0.05, 0.1) is 11.6 Å². The first kappa shape index (κ1) is 21.8.